The summed E-state index contributed by atoms with van der Waals surface area (Å²) in [7, 11) is 0. The van der Waals surface area contributed by atoms with E-state index in [1.165, 1.54) is 9.91 Å². The Morgan fingerprint density at radius 1 is 1.32 bits per heavy atom. The van der Waals surface area contributed by atoms with Gasteiger partial charge in [-0.25, -0.2) is 4.68 Å². The van der Waals surface area contributed by atoms with Crippen molar-refractivity contribution in [2.75, 3.05) is 5.01 Å². The zero-order chi connectivity index (χ0) is 13.0. The van der Waals surface area contributed by atoms with Crippen LogP contribution in [0.25, 0.3) is 0 Å². The molecule has 0 saturated heterocycles. The molecule has 2 aromatic rings. The normalized spacial score (nSPS) is 20.9. The first-order chi connectivity index (χ1) is 9.25. The van der Waals surface area contributed by atoms with Crippen LogP contribution in [0.1, 0.15) is 35.8 Å². The molecule has 0 fully saturated rings. The number of nitrogens with zero attached hydrogens (tertiary/aromatic N) is 4. The SMILES string of the molecule is CC(C)c1nnc2n1N1C(=CSC1c1cccs1)S2. The van der Waals surface area contributed by atoms with E-state index in [0.29, 0.717) is 11.3 Å². The Morgan fingerprint density at radius 2 is 2.21 bits per heavy atom. The zero-order valence-corrected chi connectivity index (χ0v) is 12.9. The third kappa shape index (κ3) is 1.68. The number of thiophene rings is 1. The van der Waals surface area contributed by atoms with Gasteiger partial charge in [-0.15, -0.1) is 21.5 Å². The van der Waals surface area contributed by atoms with E-state index >= 15 is 0 Å². The van der Waals surface area contributed by atoms with Crippen LogP contribution in [0.4, 0.5) is 0 Å². The van der Waals surface area contributed by atoms with Crippen LogP contribution in [-0.4, -0.2) is 14.9 Å². The molecule has 4 nitrogen and oxygen atoms in total. The maximum Gasteiger partial charge on any atom is 0.216 e. The van der Waals surface area contributed by atoms with Crippen LogP contribution in [0.3, 0.4) is 0 Å². The zero-order valence-electron chi connectivity index (χ0n) is 10.5. The molecule has 0 aliphatic carbocycles. The molecular weight excluding hydrogens is 296 g/mol. The minimum absolute atomic E-state index is 0.317. The molecule has 0 saturated carbocycles. The highest BCUT2D eigenvalue weighted by molar-refractivity contribution is 8.07. The van der Waals surface area contributed by atoms with Gasteiger partial charge in [0.05, 0.1) is 0 Å². The van der Waals surface area contributed by atoms with Crippen molar-refractivity contribution >= 4 is 34.9 Å². The largest absolute Gasteiger partial charge is 0.252 e. The van der Waals surface area contributed by atoms with Gasteiger partial charge >= 0.3 is 0 Å². The molecular formula is C12H12N4S3. The van der Waals surface area contributed by atoms with Crippen molar-refractivity contribution in [1.29, 1.82) is 0 Å². The van der Waals surface area contributed by atoms with E-state index in [1.54, 1.807) is 23.1 Å². The topological polar surface area (TPSA) is 34.0 Å². The molecule has 0 N–H and O–H groups in total. The molecule has 19 heavy (non-hydrogen) atoms. The average Bonchev–Trinajstić information content (AvgIpc) is 3.09. The van der Waals surface area contributed by atoms with Crippen molar-refractivity contribution in [2.45, 2.75) is 30.3 Å². The number of aromatic nitrogens is 3. The summed E-state index contributed by atoms with van der Waals surface area (Å²) in [5, 5.41) is 17.9. The number of thioether (sulfide) groups is 2. The lowest BCUT2D eigenvalue weighted by atomic mass is 10.2. The summed E-state index contributed by atoms with van der Waals surface area (Å²) >= 11 is 5.36. The second-order valence-electron chi connectivity index (χ2n) is 4.71. The molecule has 7 heteroatoms. The van der Waals surface area contributed by atoms with Crippen molar-refractivity contribution in [2.24, 2.45) is 0 Å². The van der Waals surface area contributed by atoms with E-state index < -0.39 is 0 Å². The summed E-state index contributed by atoms with van der Waals surface area (Å²) in [6.45, 7) is 4.32. The third-order valence-corrected chi connectivity index (χ3v) is 6.34. The van der Waals surface area contributed by atoms with E-state index in [-0.39, 0.29) is 0 Å². The van der Waals surface area contributed by atoms with Gasteiger partial charge in [0.2, 0.25) is 5.16 Å². The second kappa shape index (κ2) is 4.29. The van der Waals surface area contributed by atoms with E-state index in [0.717, 1.165) is 11.0 Å². The molecule has 0 amide bonds. The molecule has 4 rings (SSSR count). The maximum atomic E-state index is 4.33. The lowest BCUT2D eigenvalue weighted by Crippen LogP contribution is -2.30. The first kappa shape index (κ1) is 11.9. The predicted molar refractivity (Wildman–Crippen MR) is 80.9 cm³/mol. The quantitative estimate of drug-likeness (QED) is 0.844. The van der Waals surface area contributed by atoms with Gasteiger partial charge in [0.1, 0.15) is 10.4 Å². The Kier molecular flexibility index (Phi) is 2.68. The highest BCUT2D eigenvalue weighted by Gasteiger charge is 2.40. The summed E-state index contributed by atoms with van der Waals surface area (Å²) in [6, 6.07) is 4.30. The van der Waals surface area contributed by atoms with E-state index in [9.17, 15) is 0 Å². The van der Waals surface area contributed by atoms with Crippen molar-refractivity contribution in [1.82, 2.24) is 14.9 Å². The lowest BCUT2D eigenvalue weighted by Gasteiger charge is -2.25. The van der Waals surface area contributed by atoms with Gasteiger partial charge in [0.25, 0.3) is 0 Å². The van der Waals surface area contributed by atoms with E-state index in [1.807, 2.05) is 11.8 Å². The van der Waals surface area contributed by atoms with Gasteiger partial charge < -0.3 is 0 Å². The van der Waals surface area contributed by atoms with Gasteiger partial charge in [-0.05, 0) is 23.2 Å². The first-order valence-electron chi connectivity index (χ1n) is 6.07. The van der Waals surface area contributed by atoms with Gasteiger partial charge in [-0.2, -0.15) is 0 Å². The van der Waals surface area contributed by atoms with Crippen LogP contribution < -0.4 is 5.01 Å². The monoisotopic (exact) mass is 308 g/mol. The fourth-order valence-corrected chi connectivity index (χ4v) is 5.39. The number of hydrogen-bond acceptors (Lipinski definition) is 6. The Balaban J connectivity index is 1.81. The summed E-state index contributed by atoms with van der Waals surface area (Å²) in [4.78, 5) is 1.37. The minimum Gasteiger partial charge on any atom is -0.252 e. The molecule has 0 radical (unpaired) electrons. The standard InChI is InChI=1S/C12H12N4S3/c1-7(2)10-13-14-12-16(10)15-9(19-12)6-18-11(15)8-4-3-5-17-8/h3-7,11H,1-2H3. The van der Waals surface area contributed by atoms with Crippen LogP contribution >= 0.6 is 34.9 Å². The number of rotatable bonds is 2. The first-order valence-corrected chi connectivity index (χ1v) is 8.71. The predicted octanol–water partition coefficient (Wildman–Crippen LogP) is 3.75. The van der Waals surface area contributed by atoms with Crippen LogP contribution in [0.2, 0.25) is 0 Å². The smallest absolute Gasteiger partial charge is 0.216 e. The van der Waals surface area contributed by atoms with Gasteiger partial charge in [0.15, 0.2) is 5.82 Å². The lowest BCUT2D eigenvalue weighted by molar-refractivity contribution is 0.585. The molecule has 98 valence electrons. The fourth-order valence-electron chi connectivity index (χ4n) is 2.24. The Morgan fingerprint density at radius 3 is 2.95 bits per heavy atom. The minimum atomic E-state index is 0.317. The Labute approximate surface area is 123 Å². The molecule has 0 aromatic carbocycles. The number of fused-ring (bicyclic) bond motifs is 3. The second-order valence-corrected chi connectivity index (χ2v) is 7.64. The average molecular weight is 308 g/mol. The maximum absolute atomic E-state index is 4.33. The molecule has 1 unspecified atom stereocenters. The molecule has 0 spiro atoms. The molecule has 2 aliphatic heterocycles. The van der Waals surface area contributed by atoms with E-state index in [2.05, 4.69) is 56.7 Å². The van der Waals surface area contributed by atoms with Gasteiger partial charge in [-0.1, -0.05) is 31.7 Å². The highest BCUT2D eigenvalue weighted by atomic mass is 32.2. The van der Waals surface area contributed by atoms with Gasteiger partial charge in [0, 0.05) is 16.2 Å². The van der Waals surface area contributed by atoms with Crippen molar-refractivity contribution in [3.8, 4) is 0 Å². The molecule has 2 aliphatic rings. The fraction of sp³-hybridized carbons (Fsp3) is 0.333. The summed E-state index contributed by atoms with van der Waals surface area (Å²) in [6.07, 6.45) is 0. The Bertz CT molecular complexity index is 644. The van der Waals surface area contributed by atoms with Crippen molar-refractivity contribution < 1.29 is 0 Å². The molecule has 1 atom stereocenters. The van der Waals surface area contributed by atoms with E-state index in [4.69, 9.17) is 0 Å². The summed E-state index contributed by atoms with van der Waals surface area (Å²) < 4.78 is 2.19. The molecule has 0 bridgehead atoms. The van der Waals surface area contributed by atoms with Crippen LogP contribution in [-0.2, 0) is 0 Å². The third-order valence-electron chi connectivity index (χ3n) is 3.10. The Hall–Kier alpha value is -0.920. The highest BCUT2D eigenvalue weighted by Crippen LogP contribution is 2.52. The molecule has 2 aromatic heterocycles. The summed E-state index contributed by atoms with van der Waals surface area (Å²) in [5.74, 6) is 1.41. The van der Waals surface area contributed by atoms with Crippen LogP contribution in [0.5, 0.6) is 0 Å². The van der Waals surface area contributed by atoms with Gasteiger partial charge in [-0.3, -0.25) is 5.01 Å². The molecule has 4 heterocycles. The van der Waals surface area contributed by atoms with Crippen molar-refractivity contribution in [3.05, 3.63) is 38.7 Å². The van der Waals surface area contributed by atoms with Crippen LogP contribution in [0, 0.1) is 0 Å². The summed E-state index contributed by atoms with van der Waals surface area (Å²) in [5.41, 5.74) is 0. The van der Waals surface area contributed by atoms with Crippen molar-refractivity contribution in [3.63, 3.8) is 0 Å². The van der Waals surface area contributed by atoms with Crippen LogP contribution in [0.15, 0.2) is 33.1 Å². The number of hydrogen-bond donors (Lipinski definition) is 0.